The van der Waals surface area contributed by atoms with Crippen molar-refractivity contribution in [2.24, 2.45) is 0 Å². The van der Waals surface area contributed by atoms with E-state index >= 15 is 0 Å². The molecule has 0 aliphatic heterocycles. The Labute approximate surface area is 182 Å². The molecule has 3 aromatic heterocycles. The number of carbonyl (C=O) groups excluding carboxylic acids is 1. The summed E-state index contributed by atoms with van der Waals surface area (Å²) < 4.78 is 0. The molecular weight excluding hydrogens is 384 g/mol. The number of amides is 1. The van der Waals surface area contributed by atoms with E-state index in [0.29, 0.717) is 12.8 Å². The fourth-order valence-corrected chi connectivity index (χ4v) is 3.76. The van der Waals surface area contributed by atoms with Gasteiger partial charge in [-0.25, -0.2) is 0 Å². The maximum absolute atomic E-state index is 13.0. The Morgan fingerprint density at radius 2 is 1.26 bits per heavy atom. The molecule has 0 fully saturated rings. The van der Waals surface area contributed by atoms with E-state index in [4.69, 9.17) is 0 Å². The maximum Gasteiger partial charge on any atom is 0.220 e. The lowest BCUT2D eigenvalue weighted by atomic mass is 9.83. The lowest BCUT2D eigenvalue weighted by Crippen LogP contribution is -2.33. The summed E-state index contributed by atoms with van der Waals surface area (Å²) in [5.74, 6) is -0.150. The Hall–Kier alpha value is -3.86. The second-order valence-electron chi connectivity index (χ2n) is 7.37. The molecule has 5 nitrogen and oxygen atoms in total. The zero-order chi connectivity index (χ0) is 21.3. The third kappa shape index (κ3) is 5.39. The van der Waals surface area contributed by atoms with Gasteiger partial charge >= 0.3 is 0 Å². The van der Waals surface area contributed by atoms with Gasteiger partial charge in [-0.1, -0.05) is 48.5 Å². The van der Waals surface area contributed by atoms with E-state index in [-0.39, 0.29) is 17.9 Å². The number of hydrogen-bond donors (Lipinski definition) is 1. The van der Waals surface area contributed by atoms with Crippen LogP contribution in [0.5, 0.6) is 0 Å². The van der Waals surface area contributed by atoms with E-state index in [1.54, 1.807) is 18.6 Å². The Kier molecular flexibility index (Phi) is 6.75. The Morgan fingerprint density at radius 3 is 1.77 bits per heavy atom. The van der Waals surface area contributed by atoms with Crippen LogP contribution in [-0.4, -0.2) is 20.9 Å². The number of pyridine rings is 3. The molecule has 4 rings (SSSR count). The number of benzene rings is 1. The van der Waals surface area contributed by atoms with Crippen LogP contribution in [0.4, 0.5) is 0 Å². The van der Waals surface area contributed by atoms with Crippen molar-refractivity contribution in [3.8, 4) is 0 Å². The van der Waals surface area contributed by atoms with E-state index in [0.717, 1.165) is 22.3 Å². The summed E-state index contributed by atoms with van der Waals surface area (Å²) in [6, 6.07) is 21.5. The number of hydrogen-bond acceptors (Lipinski definition) is 4. The molecule has 0 saturated heterocycles. The van der Waals surface area contributed by atoms with Crippen molar-refractivity contribution >= 4 is 5.91 Å². The van der Waals surface area contributed by atoms with Crippen molar-refractivity contribution in [1.82, 2.24) is 20.3 Å². The Morgan fingerprint density at radius 1 is 0.710 bits per heavy atom. The van der Waals surface area contributed by atoms with E-state index < -0.39 is 0 Å². The standard InChI is InChI=1S/C26H24N4O/c31-24(13-12-20-7-2-1-3-8-20)30-26(23-11-6-16-29-19-23)25(21-9-4-14-27-17-21)22-10-5-15-28-18-22/h1-11,14-19,25-26H,12-13H2,(H,30,31). The summed E-state index contributed by atoms with van der Waals surface area (Å²) in [7, 11) is 0. The fourth-order valence-electron chi connectivity index (χ4n) is 3.76. The van der Waals surface area contributed by atoms with E-state index in [9.17, 15) is 4.79 Å². The van der Waals surface area contributed by atoms with Crippen molar-refractivity contribution < 1.29 is 4.79 Å². The fraction of sp³-hybridized carbons (Fsp3) is 0.154. The molecule has 5 heteroatoms. The Bertz CT molecular complexity index is 1030. The summed E-state index contributed by atoms with van der Waals surface area (Å²) in [4.78, 5) is 25.9. The minimum Gasteiger partial charge on any atom is -0.348 e. The van der Waals surface area contributed by atoms with Crippen molar-refractivity contribution in [3.05, 3.63) is 126 Å². The Balaban J connectivity index is 1.65. The molecule has 0 saturated carbocycles. The van der Waals surface area contributed by atoms with Crippen molar-refractivity contribution in [3.63, 3.8) is 0 Å². The van der Waals surface area contributed by atoms with Gasteiger partial charge in [0.15, 0.2) is 0 Å². The van der Waals surface area contributed by atoms with Crippen LogP contribution < -0.4 is 5.32 Å². The first kappa shape index (κ1) is 20.4. The average Bonchev–Trinajstić information content (AvgIpc) is 2.85. The predicted octanol–water partition coefficient (Wildman–Crippen LogP) is 4.49. The topological polar surface area (TPSA) is 67.8 Å². The highest BCUT2D eigenvalue weighted by molar-refractivity contribution is 5.77. The van der Waals surface area contributed by atoms with Crippen molar-refractivity contribution in [1.29, 1.82) is 0 Å². The molecule has 1 amide bonds. The first-order valence-electron chi connectivity index (χ1n) is 10.3. The van der Waals surface area contributed by atoms with Crippen LogP contribution in [0, 0.1) is 0 Å². The van der Waals surface area contributed by atoms with Crippen molar-refractivity contribution in [2.45, 2.75) is 24.8 Å². The molecule has 1 unspecified atom stereocenters. The van der Waals surface area contributed by atoms with Crippen LogP contribution >= 0.6 is 0 Å². The van der Waals surface area contributed by atoms with Crippen LogP contribution in [0.15, 0.2) is 104 Å². The highest BCUT2D eigenvalue weighted by Gasteiger charge is 2.28. The third-order valence-electron chi connectivity index (χ3n) is 5.26. The molecular formula is C26H24N4O. The number of nitrogens with one attached hydrogen (secondary N) is 1. The van der Waals surface area contributed by atoms with Crippen molar-refractivity contribution in [2.75, 3.05) is 0 Å². The van der Waals surface area contributed by atoms with Crippen LogP contribution in [0.1, 0.15) is 40.6 Å². The van der Waals surface area contributed by atoms with Gasteiger partial charge in [-0.05, 0) is 46.9 Å². The van der Waals surface area contributed by atoms with Gasteiger partial charge in [0.1, 0.15) is 0 Å². The van der Waals surface area contributed by atoms with Gasteiger partial charge < -0.3 is 5.32 Å². The lowest BCUT2D eigenvalue weighted by molar-refractivity contribution is -0.121. The molecule has 31 heavy (non-hydrogen) atoms. The summed E-state index contributed by atoms with van der Waals surface area (Å²) in [5.41, 5.74) is 4.10. The SMILES string of the molecule is O=C(CCc1ccccc1)NC(c1cccnc1)C(c1cccnc1)c1cccnc1. The highest BCUT2D eigenvalue weighted by atomic mass is 16.1. The zero-order valence-corrected chi connectivity index (χ0v) is 17.1. The average molecular weight is 409 g/mol. The molecule has 154 valence electrons. The number of rotatable bonds is 8. The first-order valence-corrected chi connectivity index (χ1v) is 10.3. The number of carbonyl (C=O) groups is 1. The van der Waals surface area contributed by atoms with Gasteiger partial charge in [-0.3, -0.25) is 19.7 Å². The summed E-state index contributed by atoms with van der Waals surface area (Å²) in [5, 5.41) is 3.27. The molecule has 0 spiro atoms. The third-order valence-corrected chi connectivity index (χ3v) is 5.26. The zero-order valence-electron chi connectivity index (χ0n) is 17.1. The van der Waals surface area contributed by atoms with E-state index in [1.807, 2.05) is 85.3 Å². The van der Waals surface area contributed by atoms with Crippen LogP contribution in [0.2, 0.25) is 0 Å². The maximum atomic E-state index is 13.0. The number of aryl methyl sites for hydroxylation is 1. The minimum atomic E-state index is -0.301. The predicted molar refractivity (Wildman–Crippen MR) is 120 cm³/mol. The number of nitrogens with zero attached hydrogens (tertiary/aromatic N) is 3. The molecule has 1 N–H and O–H groups in total. The van der Waals surface area contributed by atoms with Gasteiger partial charge in [-0.2, -0.15) is 0 Å². The molecule has 0 radical (unpaired) electrons. The van der Waals surface area contributed by atoms with E-state index in [1.165, 1.54) is 0 Å². The van der Waals surface area contributed by atoms with Crippen LogP contribution in [-0.2, 0) is 11.2 Å². The van der Waals surface area contributed by atoms with Gasteiger partial charge in [-0.15, -0.1) is 0 Å². The molecule has 0 aliphatic carbocycles. The van der Waals surface area contributed by atoms with Crippen LogP contribution in [0.25, 0.3) is 0 Å². The highest BCUT2D eigenvalue weighted by Crippen LogP contribution is 2.36. The summed E-state index contributed by atoms with van der Waals surface area (Å²) in [6.45, 7) is 0. The lowest BCUT2D eigenvalue weighted by Gasteiger charge is -2.29. The molecule has 0 aliphatic rings. The minimum absolute atomic E-state index is 0.00418. The first-order chi connectivity index (χ1) is 15.3. The second-order valence-corrected chi connectivity index (χ2v) is 7.37. The normalized spacial score (nSPS) is 11.8. The van der Waals surface area contributed by atoms with Gasteiger partial charge in [0.2, 0.25) is 5.91 Å². The van der Waals surface area contributed by atoms with Gasteiger partial charge in [0.25, 0.3) is 0 Å². The molecule has 3 heterocycles. The quantitative estimate of drug-likeness (QED) is 0.466. The van der Waals surface area contributed by atoms with Gasteiger partial charge in [0, 0.05) is 49.5 Å². The van der Waals surface area contributed by atoms with E-state index in [2.05, 4.69) is 20.3 Å². The second kappa shape index (κ2) is 10.3. The smallest absolute Gasteiger partial charge is 0.220 e. The molecule has 4 aromatic rings. The molecule has 1 aromatic carbocycles. The number of aromatic nitrogens is 3. The summed E-state index contributed by atoms with van der Waals surface area (Å²) >= 11 is 0. The monoisotopic (exact) mass is 408 g/mol. The van der Waals surface area contributed by atoms with Gasteiger partial charge in [0.05, 0.1) is 6.04 Å². The largest absolute Gasteiger partial charge is 0.348 e. The summed E-state index contributed by atoms with van der Waals surface area (Å²) in [6.07, 6.45) is 11.8. The van der Waals surface area contributed by atoms with Crippen LogP contribution in [0.3, 0.4) is 0 Å². The molecule has 1 atom stereocenters. The molecule has 0 bridgehead atoms.